The molecular formula is C23H27BrN2O3S. The molecule has 1 aliphatic heterocycles. The molecule has 0 spiro atoms. The maximum Gasteiger partial charge on any atom is 0.243 e. The maximum atomic E-state index is 13.1. The summed E-state index contributed by atoms with van der Waals surface area (Å²) in [5.74, 6) is -0.172. The lowest BCUT2D eigenvalue weighted by Gasteiger charge is -2.31. The second-order valence-corrected chi connectivity index (χ2v) is 11.0. The highest BCUT2D eigenvalue weighted by molar-refractivity contribution is 9.10. The van der Waals surface area contributed by atoms with Crippen LogP contribution in [0.2, 0.25) is 0 Å². The maximum absolute atomic E-state index is 13.1. The Morgan fingerprint density at radius 1 is 1.10 bits per heavy atom. The van der Waals surface area contributed by atoms with E-state index in [-0.39, 0.29) is 17.9 Å². The summed E-state index contributed by atoms with van der Waals surface area (Å²) in [4.78, 5) is 13.1. The normalized spacial score (nSPS) is 18.7. The summed E-state index contributed by atoms with van der Waals surface area (Å²) in [6, 6.07) is 13.3. The summed E-state index contributed by atoms with van der Waals surface area (Å²) < 4.78 is 28.7. The number of sulfonamides is 1. The molecule has 1 fully saturated rings. The number of piperidine rings is 1. The van der Waals surface area contributed by atoms with Gasteiger partial charge in [0.25, 0.3) is 0 Å². The van der Waals surface area contributed by atoms with Crippen molar-refractivity contribution in [3.05, 3.63) is 63.6 Å². The molecule has 4 rings (SSSR count). The van der Waals surface area contributed by atoms with E-state index in [1.165, 1.54) is 9.87 Å². The van der Waals surface area contributed by atoms with Gasteiger partial charge in [-0.3, -0.25) is 4.79 Å². The van der Waals surface area contributed by atoms with E-state index >= 15 is 0 Å². The molecule has 1 saturated heterocycles. The van der Waals surface area contributed by atoms with Gasteiger partial charge in [-0.15, -0.1) is 0 Å². The van der Waals surface area contributed by atoms with E-state index in [4.69, 9.17) is 0 Å². The van der Waals surface area contributed by atoms with Crippen LogP contribution in [0.25, 0.3) is 0 Å². The molecule has 1 heterocycles. The molecule has 1 unspecified atom stereocenters. The zero-order valence-electron chi connectivity index (χ0n) is 17.1. The molecule has 7 heteroatoms. The molecule has 5 nitrogen and oxygen atoms in total. The van der Waals surface area contributed by atoms with Gasteiger partial charge in [0, 0.05) is 23.5 Å². The van der Waals surface area contributed by atoms with Crippen LogP contribution in [0.5, 0.6) is 0 Å². The Kier molecular flexibility index (Phi) is 6.32. The lowest BCUT2D eigenvalue weighted by atomic mass is 9.96. The highest BCUT2D eigenvalue weighted by Crippen LogP contribution is 2.29. The molecule has 2 aromatic rings. The number of carbonyl (C=O) groups excluding carboxylic acids is 1. The van der Waals surface area contributed by atoms with Gasteiger partial charge in [-0.2, -0.15) is 4.31 Å². The van der Waals surface area contributed by atoms with Crippen LogP contribution in [0, 0.1) is 5.92 Å². The van der Waals surface area contributed by atoms with Crippen molar-refractivity contribution in [2.45, 2.75) is 50.0 Å². The van der Waals surface area contributed by atoms with E-state index in [9.17, 15) is 13.2 Å². The number of nitrogens with zero attached hydrogens (tertiary/aromatic N) is 1. The average Bonchev–Trinajstić information content (AvgIpc) is 3.22. The van der Waals surface area contributed by atoms with Crippen molar-refractivity contribution < 1.29 is 13.2 Å². The quantitative estimate of drug-likeness (QED) is 0.682. The summed E-state index contributed by atoms with van der Waals surface area (Å²) >= 11 is 3.53. The first-order valence-corrected chi connectivity index (χ1v) is 12.8. The van der Waals surface area contributed by atoms with Crippen LogP contribution in [0.15, 0.2) is 51.8 Å². The van der Waals surface area contributed by atoms with Gasteiger partial charge >= 0.3 is 0 Å². The minimum absolute atomic E-state index is 0.00664. The molecule has 160 valence electrons. The van der Waals surface area contributed by atoms with Crippen molar-refractivity contribution >= 4 is 31.9 Å². The number of nitrogens with one attached hydrogen (secondary N) is 1. The number of fused-ring (bicyclic) bond motifs is 1. The van der Waals surface area contributed by atoms with Gasteiger partial charge in [0.15, 0.2) is 0 Å². The number of hydrogen-bond acceptors (Lipinski definition) is 3. The predicted octanol–water partition coefficient (Wildman–Crippen LogP) is 4.22. The Bertz CT molecular complexity index is 1050. The number of rotatable bonds is 5. The van der Waals surface area contributed by atoms with Gasteiger partial charge in [0.1, 0.15) is 0 Å². The summed E-state index contributed by atoms with van der Waals surface area (Å²) in [5, 5.41) is 3.08. The Balaban J connectivity index is 1.37. The average molecular weight is 491 g/mol. The van der Waals surface area contributed by atoms with Gasteiger partial charge in [-0.05, 0) is 73.9 Å². The summed E-state index contributed by atoms with van der Waals surface area (Å²) in [5.41, 5.74) is 3.46. The smallest absolute Gasteiger partial charge is 0.243 e. The van der Waals surface area contributed by atoms with Crippen LogP contribution in [0.1, 0.15) is 48.9 Å². The number of benzene rings is 2. The lowest BCUT2D eigenvalue weighted by molar-refractivity contribution is -0.126. The summed E-state index contributed by atoms with van der Waals surface area (Å²) in [6.45, 7) is 2.72. The minimum atomic E-state index is -3.51. The van der Waals surface area contributed by atoms with Gasteiger partial charge in [-0.1, -0.05) is 40.2 Å². The van der Waals surface area contributed by atoms with Gasteiger partial charge in [0.05, 0.1) is 10.9 Å². The van der Waals surface area contributed by atoms with E-state index in [1.54, 1.807) is 6.07 Å². The zero-order valence-corrected chi connectivity index (χ0v) is 19.5. The molecule has 2 aromatic carbocycles. The van der Waals surface area contributed by atoms with Crippen LogP contribution in [-0.4, -0.2) is 31.7 Å². The van der Waals surface area contributed by atoms with Crippen molar-refractivity contribution in [2.75, 3.05) is 13.1 Å². The summed E-state index contributed by atoms with van der Waals surface area (Å²) in [6.07, 6.45) is 4.17. The molecule has 0 saturated carbocycles. The minimum Gasteiger partial charge on any atom is -0.349 e. The fourth-order valence-corrected chi connectivity index (χ4v) is 6.60. The van der Waals surface area contributed by atoms with E-state index < -0.39 is 10.0 Å². The Labute approximate surface area is 187 Å². The third-order valence-electron chi connectivity index (χ3n) is 6.26. The fourth-order valence-electron chi connectivity index (χ4n) is 4.45. The SMILES string of the molecule is CC(NC(=O)C1CCN(S(=O)(=O)c2ccc3c(c2)CCC3)CC1)c1ccccc1Br. The van der Waals surface area contributed by atoms with Crippen LogP contribution in [0.3, 0.4) is 0 Å². The van der Waals surface area contributed by atoms with Crippen LogP contribution in [0.4, 0.5) is 0 Å². The molecule has 1 N–H and O–H groups in total. The Morgan fingerprint density at radius 3 is 2.53 bits per heavy atom. The number of hydrogen-bond donors (Lipinski definition) is 1. The van der Waals surface area contributed by atoms with Crippen molar-refractivity contribution in [3.8, 4) is 0 Å². The molecule has 1 amide bonds. The highest BCUT2D eigenvalue weighted by atomic mass is 79.9. The largest absolute Gasteiger partial charge is 0.349 e. The van der Waals surface area contributed by atoms with Gasteiger partial charge in [0.2, 0.25) is 15.9 Å². The first-order valence-electron chi connectivity index (χ1n) is 10.5. The van der Waals surface area contributed by atoms with E-state index in [1.807, 2.05) is 43.3 Å². The molecular weight excluding hydrogens is 464 g/mol. The third kappa shape index (κ3) is 4.34. The second-order valence-electron chi connectivity index (χ2n) is 8.21. The third-order valence-corrected chi connectivity index (χ3v) is 8.88. The Morgan fingerprint density at radius 2 is 1.80 bits per heavy atom. The monoisotopic (exact) mass is 490 g/mol. The van der Waals surface area contributed by atoms with Gasteiger partial charge < -0.3 is 5.32 Å². The second kappa shape index (κ2) is 8.81. The molecule has 0 radical (unpaired) electrons. The zero-order chi connectivity index (χ0) is 21.3. The fraction of sp³-hybridized carbons (Fsp3) is 0.435. The number of halogens is 1. The van der Waals surface area contributed by atoms with Crippen LogP contribution in [-0.2, 0) is 27.7 Å². The van der Waals surface area contributed by atoms with Crippen molar-refractivity contribution in [1.29, 1.82) is 0 Å². The van der Waals surface area contributed by atoms with Crippen molar-refractivity contribution in [2.24, 2.45) is 5.92 Å². The first kappa shape index (κ1) is 21.5. The Hall–Kier alpha value is -1.70. The number of aryl methyl sites for hydroxylation is 2. The van der Waals surface area contributed by atoms with E-state index in [2.05, 4.69) is 21.2 Å². The van der Waals surface area contributed by atoms with Crippen LogP contribution < -0.4 is 5.32 Å². The molecule has 1 aliphatic carbocycles. The molecule has 0 aromatic heterocycles. The molecule has 0 bridgehead atoms. The van der Waals surface area contributed by atoms with Gasteiger partial charge in [-0.25, -0.2) is 8.42 Å². The van der Waals surface area contributed by atoms with Crippen LogP contribution >= 0.6 is 15.9 Å². The molecule has 2 aliphatic rings. The number of amides is 1. The standard InChI is InChI=1S/C23H27BrN2O3S/c1-16(21-7-2-3-8-22(21)24)25-23(27)18-11-13-26(14-12-18)30(28,29)20-10-9-17-5-4-6-19(17)15-20/h2-3,7-10,15-16,18H,4-6,11-14H2,1H3,(H,25,27). The topological polar surface area (TPSA) is 66.5 Å². The van der Waals surface area contributed by atoms with E-state index in [0.717, 1.165) is 34.9 Å². The number of carbonyl (C=O) groups is 1. The van der Waals surface area contributed by atoms with E-state index in [0.29, 0.717) is 30.8 Å². The summed E-state index contributed by atoms with van der Waals surface area (Å²) in [7, 11) is -3.51. The van der Waals surface area contributed by atoms with Crippen molar-refractivity contribution in [1.82, 2.24) is 9.62 Å². The molecule has 1 atom stereocenters. The van der Waals surface area contributed by atoms with Crippen molar-refractivity contribution in [3.63, 3.8) is 0 Å². The highest BCUT2D eigenvalue weighted by Gasteiger charge is 2.33. The lowest BCUT2D eigenvalue weighted by Crippen LogP contribution is -2.43. The predicted molar refractivity (Wildman–Crippen MR) is 121 cm³/mol. The first-order chi connectivity index (χ1) is 14.4. The molecule has 30 heavy (non-hydrogen) atoms.